The van der Waals surface area contributed by atoms with Crippen LogP contribution in [0.5, 0.6) is 5.88 Å². The molecule has 0 spiro atoms. The van der Waals surface area contributed by atoms with Gasteiger partial charge in [0.2, 0.25) is 5.88 Å². The molecule has 1 aromatic rings. The molecule has 1 heterocycles. The highest BCUT2D eigenvalue weighted by molar-refractivity contribution is 7.31. The zero-order valence-corrected chi connectivity index (χ0v) is 8.70. The predicted octanol–water partition coefficient (Wildman–Crippen LogP) is 2.00. The highest BCUT2D eigenvalue weighted by Gasteiger charge is 2.24. The molecule has 0 bridgehead atoms. The fraction of sp³-hybridized carbons (Fsp3) is 0.444. The molecule has 1 saturated carbocycles. The van der Waals surface area contributed by atoms with E-state index in [0.717, 1.165) is 18.5 Å². The Balaban J connectivity index is 2.26. The Morgan fingerprint density at radius 3 is 2.93 bits per heavy atom. The first-order chi connectivity index (χ1) is 6.81. The third kappa shape index (κ3) is 1.70. The first kappa shape index (κ1) is 9.41. The van der Waals surface area contributed by atoms with E-state index in [1.165, 1.54) is 12.6 Å². The van der Waals surface area contributed by atoms with E-state index in [9.17, 15) is 0 Å². The van der Waals surface area contributed by atoms with E-state index >= 15 is 0 Å². The summed E-state index contributed by atoms with van der Waals surface area (Å²) >= 11 is 0. The molecule has 0 saturated heterocycles. The van der Waals surface area contributed by atoms with Crippen molar-refractivity contribution in [3.8, 4) is 5.88 Å². The van der Waals surface area contributed by atoms with Crippen LogP contribution in [0.15, 0.2) is 6.20 Å². The molecular weight excluding hydrogens is 197 g/mol. The molecule has 2 N–H and O–H groups in total. The zero-order chi connectivity index (χ0) is 9.97. The number of nitrogens with two attached hydrogens (primary N) is 1. The van der Waals surface area contributed by atoms with Gasteiger partial charge in [-0.25, -0.2) is 9.97 Å². The van der Waals surface area contributed by atoms with Crippen molar-refractivity contribution < 1.29 is 4.52 Å². The lowest BCUT2D eigenvalue weighted by atomic mass is 9.83. The molecule has 0 radical (unpaired) electrons. The van der Waals surface area contributed by atoms with Crippen LogP contribution in [-0.4, -0.2) is 16.3 Å². The Hall–Kier alpha value is -1.15. The molecule has 1 fully saturated rings. The monoisotopic (exact) mass is 209 g/mol. The number of nitrogens with zero attached hydrogens (tertiary/aromatic N) is 2. The van der Waals surface area contributed by atoms with Gasteiger partial charge < -0.3 is 10.3 Å². The lowest BCUT2D eigenvalue weighted by molar-refractivity contribution is 0.408. The SMILES string of the molecule is C=POc1cnc(N)c(C2CCC2)n1. The van der Waals surface area contributed by atoms with Crippen LogP contribution in [-0.2, 0) is 0 Å². The van der Waals surface area contributed by atoms with Crippen LogP contribution in [0.3, 0.4) is 0 Å². The maximum atomic E-state index is 5.75. The van der Waals surface area contributed by atoms with E-state index in [-0.39, 0.29) is 0 Å². The lowest BCUT2D eigenvalue weighted by Crippen LogP contribution is -2.14. The molecule has 0 unspecified atom stereocenters. The first-order valence-electron chi connectivity index (χ1n) is 4.56. The standard InChI is InChI=1S/C9H12N3OP/c1-14-13-7-5-11-9(10)8(12-7)6-3-2-4-6/h5-6H,1-4H2,(H2,10,11). The lowest BCUT2D eigenvalue weighted by Gasteiger charge is -2.25. The van der Waals surface area contributed by atoms with Gasteiger partial charge in [0.15, 0.2) is 0 Å². The number of nitrogen functional groups attached to an aromatic ring is 1. The third-order valence-electron chi connectivity index (χ3n) is 2.46. The van der Waals surface area contributed by atoms with Crippen molar-refractivity contribution in [1.82, 2.24) is 9.97 Å². The van der Waals surface area contributed by atoms with Gasteiger partial charge in [-0.1, -0.05) is 6.42 Å². The minimum absolute atomic E-state index is 0.479. The molecule has 1 aliphatic carbocycles. The molecule has 4 nitrogen and oxygen atoms in total. The molecule has 5 heteroatoms. The average molecular weight is 209 g/mol. The Labute approximate surface area is 84.4 Å². The summed E-state index contributed by atoms with van der Waals surface area (Å²) in [6, 6.07) is 0. The summed E-state index contributed by atoms with van der Waals surface area (Å²) in [5.74, 6) is 1.52. The topological polar surface area (TPSA) is 61.0 Å². The molecular formula is C9H12N3OP. The molecule has 74 valence electrons. The summed E-state index contributed by atoms with van der Waals surface area (Å²) in [6.45, 7) is 0. The number of hydrogen-bond donors (Lipinski definition) is 1. The molecule has 1 aliphatic rings. The highest BCUT2D eigenvalue weighted by atomic mass is 31.1. The largest absolute Gasteiger partial charge is 0.420 e. The summed E-state index contributed by atoms with van der Waals surface area (Å²) in [4.78, 5) is 8.39. The molecule has 14 heavy (non-hydrogen) atoms. The Morgan fingerprint density at radius 2 is 2.36 bits per heavy atom. The fourth-order valence-electron chi connectivity index (χ4n) is 1.49. The van der Waals surface area contributed by atoms with Gasteiger partial charge in [0, 0.05) is 5.92 Å². The van der Waals surface area contributed by atoms with Crippen LogP contribution in [0.4, 0.5) is 5.82 Å². The summed E-state index contributed by atoms with van der Waals surface area (Å²) in [7, 11) is 0.580. The van der Waals surface area contributed by atoms with Crippen LogP contribution in [0.25, 0.3) is 0 Å². The van der Waals surface area contributed by atoms with Gasteiger partial charge in [-0.3, -0.25) is 0 Å². The van der Waals surface area contributed by atoms with Crippen molar-refractivity contribution in [3.63, 3.8) is 0 Å². The minimum Gasteiger partial charge on any atom is -0.420 e. The van der Waals surface area contributed by atoms with E-state index in [4.69, 9.17) is 10.3 Å². The van der Waals surface area contributed by atoms with E-state index in [0.29, 0.717) is 26.0 Å². The van der Waals surface area contributed by atoms with Crippen LogP contribution in [0, 0.1) is 0 Å². The Bertz CT molecular complexity index is 352. The smallest absolute Gasteiger partial charge is 0.241 e. The van der Waals surface area contributed by atoms with Crippen molar-refractivity contribution >= 4 is 20.5 Å². The van der Waals surface area contributed by atoms with Gasteiger partial charge in [0.1, 0.15) is 14.2 Å². The first-order valence-corrected chi connectivity index (χ1v) is 5.56. The summed E-state index contributed by atoms with van der Waals surface area (Å²) in [6.07, 6.45) is 8.67. The zero-order valence-electron chi connectivity index (χ0n) is 7.81. The van der Waals surface area contributed by atoms with E-state index in [2.05, 4.69) is 16.3 Å². The Kier molecular flexibility index (Phi) is 2.64. The number of aromatic nitrogens is 2. The van der Waals surface area contributed by atoms with Crippen LogP contribution in [0.2, 0.25) is 0 Å². The Morgan fingerprint density at radius 1 is 1.57 bits per heavy atom. The van der Waals surface area contributed by atoms with Crippen LogP contribution < -0.4 is 10.3 Å². The predicted molar refractivity (Wildman–Crippen MR) is 57.7 cm³/mol. The quantitative estimate of drug-likeness (QED) is 0.773. The van der Waals surface area contributed by atoms with Gasteiger partial charge in [0.05, 0.1) is 11.9 Å². The second-order valence-electron chi connectivity index (χ2n) is 3.33. The summed E-state index contributed by atoms with van der Waals surface area (Å²) < 4.78 is 5.15. The summed E-state index contributed by atoms with van der Waals surface area (Å²) in [5, 5.41) is 0. The van der Waals surface area contributed by atoms with Gasteiger partial charge in [-0.05, 0) is 19.1 Å². The van der Waals surface area contributed by atoms with Crippen molar-refractivity contribution in [3.05, 3.63) is 11.9 Å². The molecule has 0 atom stereocenters. The normalized spacial score (nSPS) is 16.6. The van der Waals surface area contributed by atoms with Crippen molar-refractivity contribution in [2.24, 2.45) is 0 Å². The molecule has 0 aliphatic heterocycles. The minimum atomic E-state index is 0.479. The van der Waals surface area contributed by atoms with Gasteiger partial charge in [-0.15, -0.1) is 0 Å². The van der Waals surface area contributed by atoms with Crippen molar-refractivity contribution in [1.29, 1.82) is 0 Å². The average Bonchev–Trinajstić information content (AvgIpc) is 2.08. The van der Waals surface area contributed by atoms with Crippen molar-refractivity contribution in [2.75, 3.05) is 5.73 Å². The molecule has 1 aromatic heterocycles. The van der Waals surface area contributed by atoms with Crippen molar-refractivity contribution in [2.45, 2.75) is 25.2 Å². The number of rotatable bonds is 3. The maximum absolute atomic E-state index is 5.75. The van der Waals surface area contributed by atoms with E-state index in [1.54, 1.807) is 0 Å². The number of hydrogen-bond acceptors (Lipinski definition) is 4. The fourth-order valence-corrected chi connectivity index (χ4v) is 1.71. The van der Waals surface area contributed by atoms with Crippen LogP contribution in [0.1, 0.15) is 30.9 Å². The van der Waals surface area contributed by atoms with Gasteiger partial charge in [0.25, 0.3) is 0 Å². The second kappa shape index (κ2) is 3.93. The maximum Gasteiger partial charge on any atom is 0.241 e. The van der Waals surface area contributed by atoms with Crippen LogP contribution >= 0.6 is 8.43 Å². The second-order valence-corrected chi connectivity index (χ2v) is 3.77. The molecule has 0 amide bonds. The number of anilines is 1. The summed E-state index contributed by atoms with van der Waals surface area (Å²) in [5.41, 5.74) is 6.64. The van der Waals surface area contributed by atoms with Gasteiger partial charge in [-0.2, -0.15) is 0 Å². The van der Waals surface area contributed by atoms with E-state index in [1.807, 2.05) is 0 Å². The highest BCUT2D eigenvalue weighted by Crippen LogP contribution is 2.37. The third-order valence-corrected chi connectivity index (χ3v) is 2.77. The van der Waals surface area contributed by atoms with E-state index < -0.39 is 0 Å². The van der Waals surface area contributed by atoms with Gasteiger partial charge >= 0.3 is 0 Å². The molecule has 2 rings (SSSR count). The molecule has 0 aromatic carbocycles.